The Balaban J connectivity index is 1.37. The first kappa shape index (κ1) is 20.1. The highest BCUT2D eigenvalue weighted by Crippen LogP contribution is 2.27. The van der Waals surface area contributed by atoms with Crippen molar-refractivity contribution in [3.8, 4) is 5.75 Å². The van der Waals surface area contributed by atoms with E-state index in [2.05, 4.69) is 23.1 Å². The maximum absolute atomic E-state index is 13.1. The van der Waals surface area contributed by atoms with Gasteiger partial charge in [-0.1, -0.05) is 30.7 Å². The van der Waals surface area contributed by atoms with Gasteiger partial charge in [0.25, 0.3) is 5.91 Å². The zero-order valence-corrected chi connectivity index (χ0v) is 17.8. The number of anilines is 1. The van der Waals surface area contributed by atoms with Crippen molar-refractivity contribution in [3.05, 3.63) is 58.6 Å². The number of ether oxygens (including phenoxy) is 1. The Morgan fingerprint density at radius 2 is 1.79 bits per heavy atom. The van der Waals surface area contributed by atoms with E-state index < -0.39 is 6.10 Å². The first-order chi connectivity index (χ1) is 14.1. The summed E-state index contributed by atoms with van der Waals surface area (Å²) in [5.41, 5.74) is 3.92. The van der Waals surface area contributed by atoms with Gasteiger partial charge in [-0.3, -0.25) is 4.79 Å². The first-order valence-corrected chi connectivity index (χ1v) is 11.1. The van der Waals surface area contributed by atoms with Crippen LogP contribution in [0.4, 0.5) is 5.69 Å². The number of carbonyl (C=O) groups is 1. The van der Waals surface area contributed by atoms with Gasteiger partial charge in [-0.15, -0.1) is 0 Å². The van der Waals surface area contributed by atoms with Gasteiger partial charge >= 0.3 is 0 Å². The van der Waals surface area contributed by atoms with Crippen molar-refractivity contribution >= 4 is 23.2 Å². The Kier molecular flexibility index (Phi) is 6.29. The highest BCUT2D eigenvalue weighted by Gasteiger charge is 2.28. The lowest BCUT2D eigenvalue weighted by Crippen LogP contribution is -2.52. The van der Waals surface area contributed by atoms with Crippen LogP contribution in [0.15, 0.2) is 42.5 Å². The zero-order valence-electron chi connectivity index (χ0n) is 17.1. The van der Waals surface area contributed by atoms with Crippen molar-refractivity contribution in [1.82, 2.24) is 4.90 Å². The second-order valence-corrected chi connectivity index (χ2v) is 8.38. The molecule has 0 aromatic heterocycles. The minimum atomic E-state index is -0.422. The van der Waals surface area contributed by atoms with Crippen LogP contribution in [0.25, 0.3) is 0 Å². The van der Waals surface area contributed by atoms with Crippen LogP contribution in [0, 0.1) is 0 Å². The average Bonchev–Trinajstić information content (AvgIpc) is 2.77. The summed E-state index contributed by atoms with van der Waals surface area (Å²) >= 11 is 6.12. The fourth-order valence-electron chi connectivity index (χ4n) is 4.32. The molecule has 154 valence electrons. The molecule has 0 radical (unpaired) electrons. The molecule has 1 saturated heterocycles. The molecule has 0 saturated carbocycles. The lowest BCUT2D eigenvalue weighted by molar-refractivity contribution is -0.139. The molecule has 1 aliphatic heterocycles. The van der Waals surface area contributed by atoms with Gasteiger partial charge in [-0.2, -0.15) is 0 Å². The number of nitrogens with zero attached hydrogens (tertiary/aromatic N) is 2. The number of piperazine rings is 1. The highest BCUT2D eigenvalue weighted by atomic mass is 35.5. The van der Waals surface area contributed by atoms with Gasteiger partial charge in [0.15, 0.2) is 6.10 Å². The van der Waals surface area contributed by atoms with Gasteiger partial charge in [-0.05, 0) is 73.6 Å². The van der Waals surface area contributed by atoms with Gasteiger partial charge in [0.2, 0.25) is 0 Å². The summed E-state index contributed by atoms with van der Waals surface area (Å²) in [4.78, 5) is 17.3. The number of halogens is 1. The number of fused-ring (bicyclic) bond motifs is 1. The molecule has 1 fully saturated rings. The van der Waals surface area contributed by atoms with E-state index >= 15 is 0 Å². The summed E-state index contributed by atoms with van der Waals surface area (Å²) in [7, 11) is 0. The van der Waals surface area contributed by atoms with E-state index in [-0.39, 0.29) is 5.91 Å². The molecule has 1 heterocycles. The van der Waals surface area contributed by atoms with Crippen LogP contribution in [0.5, 0.6) is 5.75 Å². The number of carbonyl (C=O) groups excluding carboxylic acids is 1. The van der Waals surface area contributed by atoms with E-state index in [9.17, 15) is 4.79 Å². The van der Waals surface area contributed by atoms with Crippen LogP contribution >= 0.6 is 11.6 Å². The van der Waals surface area contributed by atoms with Crippen molar-refractivity contribution < 1.29 is 9.53 Å². The average molecular weight is 413 g/mol. The third kappa shape index (κ3) is 4.69. The molecular formula is C24H29ClN2O2. The Morgan fingerprint density at radius 3 is 2.52 bits per heavy atom. The lowest BCUT2D eigenvalue weighted by atomic mass is 9.92. The molecule has 2 aromatic rings. The predicted octanol–water partition coefficient (Wildman–Crippen LogP) is 4.73. The number of rotatable bonds is 5. The van der Waals surface area contributed by atoms with Gasteiger partial charge in [0.1, 0.15) is 5.75 Å². The number of aryl methyl sites for hydroxylation is 2. The lowest BCUT2D eigenvalue weighted by Gasteiger charge is -2.37. The topological polar surface area (TPSA) is 32.8 Å². The largest absolute Gasteiger partial charge is 0.481 e. The highest BCUT2D eigenvalue weighted by molar-refractivity contribution is 6.30. The van der Waals surface area contributed by atoms with Crippen LogP contribution in [-0.2, 0) is 17.6 Å². The van der Waals surface area contributed by atoms with E-state index in [1.165, 1.54) is 24.0 Å². The quantitative estimate of drug-likeness (QED) is 0.712. The normalized spacial score (nSPS) is 17.6. The second kappa shape index (κ2) is 9.08. The summed E-state index contributed by atoms with van der Waals surface area (Å²) < 4.78 is 6.15. The van der Waals surface area contributed by atoms with Crippen LogP contribution in [-0.4, -0.2) is 43.1 Å². The fraction of sp³-hybridized carbons (Fsp3) is 0.458. The minimum absolute atomic E-state index is 0.0935. The van der Waals surface area contributed by atoms with Crippen molar-refractivity contribution in [2.24, 2.45) is 0 Å². The van der Waals surface area contributed by atoms with Gasteiger partial charge in [0, 0.05) is 36.9 Å². The van der Waals surface area contributed by atoms with E-state index in [1.54, 1.807) is 0 Å². The van der Waals surface area contributed by atoms with Crippen molar-refractivity contribution in [1.29, 1.82) is 0 Å². The van der Waals surface area contributed by atoms with E-state index in [1.807, 2.05) is 36.1 Å². The Hall–Kier alpha value is -2.20. The smallest absolute Gasteiger partial charge is 0.263 e. The number of benzene rings is 2. The number of hydrogen-bond acceptors (Lipinski definition) is 3. The molecule has 0 N–H and O–H groups in total. The summed E-state index contributed by atoms with van der Waals surface area (Å²) in [6.07, 6.45) is 5.03. The molecule has 4 rings (SSSR count). The SMILES string of the molecule is CC[C@@H](Oc1ccc2c(c1)CCCC2)C(=O)N1CCN(c2cccc(Cl)c2)CC1. The molecule has 5 heteroatoms. The summed E-state index contributed by atoms with van der Waals surface area (Å²) in [6, 6.07) is 14.2. The Labute approximate surface area is 178 Å². The standard InChI is InChI=1S/C24H29ClN2O2/c1-2-23(29-22-11-10-18-6-3-4-7-19(18)16-22)24(28)27-14-12-26(13-15-27)21-9-5-8-20(25)17-21/h5,8-11,16-17,23H,2-4,6-7,12-15H2,1H3/t23-/m1/s1. The second-order valence-electron chi connectivity index (χ2n) is 7.94. The third-order valence-electron chi connectivity index (χ3n) is 6.01. The molecule has 1 amide bonds. The van der Waals surface area contributed by atoms with Crippen LogP contribution in [0.3, 0.4) is 0 Å². The molecule has 2 aliphatic rings. The van der Waals surface area contributed by atoms with Crippen LogP contribution in [0.2, 0.25) is 5.02 Å². The molecule has 1 aliphatic carbocycles. The summed E-state index contributed by atoms with van der Waals surface area (Å²) in [6.45, 7) is 5.04. The maximum Gasteiger partial charge on any atom is 0.263 e. The number of amides is 1. The molecule has 0 unspecified atom stereocenters. The van der Waals surface area contributed by atoms with Crippen molar-refractivity contribution in [2.75, 3.05) is 31.1 Å². The fourth-order valence-corrected chi connectivity index (χ4v) is 4.50. The van der Waals surface area contributed by atoms with E-state index in [0.29, 0.717) is 19.5 Å². The van der Waals surface area contributed by atoms with Crippen LogP contribution in [0.1, 0.15) is 37.3 Å². The molecular weight excluding hydrogens is 384 g/mol. The van der Waals surface area contributed by atoms with Gasteiger partial charge in [0.05, 0.1) is 0 Å². The molecule has 1 atom stereocenters. The molecule has 0 spiro atoms. The monoisotopic (exact) mass is 412 g/mol. The van der Waals surface area contributed by atoms with Gasteiger partial charge < -0.3 is 14.5 Å². The molecule has 4 nitrogen and oxygen atoms in total. The predicted molar refractivity (Wildman–Crippen MR) is 118 cm³/mol. The van der Waals surface area contributed by atoms with E-state index in [0.717, 1.165) is 42.4 Å². The van der Waals surface area contributed by atoms with Crippen molar-refractivity contribution in [3.63, 3.8) is 0 Å². The molecule has 0 bridgehead atoms. The molecule has 2 aromatic carbocycles. The number of hydrogen-bond donors (Lipinski definition) is 0. The Bertz CT molecular complexity index is 862. The zero-order chi connectivity index (χ0) is 20.2. The third-order valence-corrected chi connectivity index (χ3v) is 6.24. The van der Waals surface area contributed by atoms with E-state index in [4.69, 9.17) is 16.3 Å². The van der Waals surface area contributed by atoms with Crippen molar-refractivity contribution in [2.45, 2.75) is 45.1 Å². The maximum atomic E-state index is 13.1. The van der Waals surface area contributed by atoms with Gasteiger partial charge in [-0.25, -0.2) is 0 Å². The Morgan fingerprint density at radius 1 is 1.03 bits per heavy atom. The summed E-state index contributed by atoms with van der Waals surface area (Å²) in [5, 5.41) is 0.741. The first-order valence-electron chi connectivity index (χ1n) is 10.7. The van der Waals surface area contributed by atoms with Crippen LogP contribution < -0.4 is 9.64 Å². The summed E-state index contributed by atoms with van der Waals surface area (Å²) in [5.74, 6) is 0.916. The minimum Gasteiger partial charge on any atom is -0.481 e. The molecule has 29 heavy (non-hydrogen) atoms.